The number of amides is 1. The molecular formula is C16H21BrF3NO3. The average molecular weight is 412 g/mol. The second-order valence-corrected chi connectivity index (χ2v) is 6.98. The highest BCUT2D eigenvalue weighted by atomic mass is 79.9. The highest BCUT2D eigenvalue weighted by molar-refractivity contribution is 9.10. The summed E-state index contributed by atoms with van der Waals surface area (Å²) in [5.41, 5.74) is -1.32. The van der Waals surface area contributed by atoms with Gasteiger partial charge in [-0.1, -0.05) is 15.9 Å². The van der Waals surface area contributed by atoms with Crippen LogP contribution in [0.2, 0.25) is 0 Å². The third kappa shape index (κ3) is 7.90. The van der Waals surface area contributed by atoms with Gasteiger partial charge in [0.15, 0.2) is 0 Å². The van der Waals surface area contributed by atoms with Gasteiger partial charge in [-0.25, -0.2) is 4.79 Å². The Bertz CT molecular complexity index is 556. The van der Waals surface area contributed by atoms with Gasteiger partial charge in [0.05, 0.1) is 12.2 Å². The third-order valence-electron chi connectivity index (χ3n) is 2.75. The number of ether oxygens (including phenoxy) is 2. The van der Waals surface area contributed by atoms with Crippen LogP contribution in [0.25, 0.3) is 0 Å². The lowest BCUT2D eigenvalue weighted by atomic mass is 10.2. The number of hydrogen-bond donors (Lipinski definition) is 1. The van der Waals surface area contributed by atoms with Crippen LogP contribution < -0.4 is 10.1 Å². The lowest BCUT2D eigenvalue weighted by molar-refractivity contribution is -0.138. The van der Waals surface area contributed by atoms with Gasteiger partial charge in [0.1, 0.15) is 11.4 Å². The van der Waals surface area contributed by atoms with E-state index in [4.69, 9.17) is 9.47 Å². The van der Waals surface area contributed by atoms with Crippen LogP contribution in [0.15, 0.2) is 22.7 Å². The van der Waals surface area contributed by atoms with E-state index in [1.165, 1.54) is 12.1 Å². The van der Waals surface area contributed by atoms with Crippen LogP contribution in [0.1, 0.15) is 39.2 Å². The molecule has 24 heavy (non-hydrogen) atoms. The maximum atomic E-state index is 12.8. The minimum atomic E-state index is -4.43. The monoisotopic (exact) mass is 411 g/mol. The van der Waals surface area contributed by atoms with Crippen LogP contribution in [0.5, 0.6) is 5.75 Å². The van der Waals surface area contributed by atoms with Crippen molar-refractivity contribution in [1.29, 1.82) is 0 Å². The summed E-state index contributed by atoms with van der Waals surface area (Å²) in [4.78, 5) is 11.4. The van der Waals surface area contributed by atoms with E-state index < -0.39 is 23.4 Å². The molecular weight excluding hydrogens is 391 g/mol. The minimum Gasteiger partial charge on any atom is -0.494 e. The van der Waals surface area contributed by atoms with Crippen LogP contribution in [0.3, 0.4) is 0 Å². The molecule has 136 valence electrons. The van der Waals surface area contributed by atoms with Gasteiger partial charge in [-0.05, 0) is 51.8 Å². The first-order chi connectivity index (χ1) is 11.0. The zero-order valence-corrected chi connectivity index (χ0v) is 15.4. The zero-order valence-electron chi connectivity index (χ0n) is 13.8. The van der Waals surface area contributed by atoms with Crippen LogP contribution in [-0.4, -0.2) is 24.8 Å². The Kier molecular flexibility index (Phi) is 7.38. The smallest absolute Gasteiger partial charge is 0.417 e. The fraction of sp³-hybridized carbons (Fsp3) is 0.562. The van der Waals surface area contributed by atoms with Gasteiger partial charge >= 0.3 is 12.3 Å². The molecule has 1 aromatic rings. The van der Waals surface area contributed by atoms with Crippen LogP contribution in [-0.2, 0) is 10.9 Å². The molecule has 1 rings (SSSR count). The first-order valence-corrected chi connectivity index (χ1v) is 8.25. The molecule has 0 fully saturated rings. The molecule has 1 amide bonds. The Morgan fingerprint density at radius 1 is 1.21 bits per heavy atom. The minimum absolute atomic E-state index is 0.0242. The fourth-order valence-corrected chi connectivity index (χ4v) is 2.20. The number of carbonyl (C=O) groups is 1. The molecule has 1 N–H and O–H groups in total. The summed E-state index contributed by atoms with van der Waals surface area (Å²) in [5, 5.41) is 2.60. The number of alkyl halides is 3. The maximum absolute atomic E-state index is 12.8. The van der Waals surface area contributed by atoms with E-state index in [0.29, 0.717) is 19.4 Å². The van der Waals surface area contributed by atoms with Gasteiger partial charge in [0.2, 0.25) is 0 Å². The highest BCUT2D eigenvalue weighted by Gasteiger charge is 2.33. The number of rotatable bonds is 6. The van der Waals surface area contributed by atoms with E-state index in [1.807, 2.05) is 0 Å². The Morgan fingerprint density at radius 3 is 2.46 bits per heavy atom. The summed E-state index contributed by atoms with van der Waals surface area (Å²) in [7, 11) is 0. The lowest BCUT2D eigenvalue weighted by Gasteiger charge is -2.19. The molecule has 0 aliphatic heterocycles. The molecule has 0 heterocycles. The van der Waals surface area contributed by atoms with Gasteiger partial charge in [-0.15, -0.1) is 0 Å². The van der Waals surface area contributed by atoms with Crippen molar-refractivity contribution in [3.05, 3.63) is 28.2 Å². The molecule has 0 aromatic heterocycles. The summed E-state index contributed by atoms with van der Waals surface area (Å²) >= 11 is 2.88. The Balaban J connectivity index is 2.30. The van der Waals surface area contributed by atoms with Gasteiger partial charge in [-0.2, -0.15) is 13.2 Å². The van der Waals surface area contributed by atoms with Gasteiger partial charge < -0.3 is 14.8 Å². The molecule has 1 aromatic carbocycles. The van der Waals surface area contributed by atoms with Crippen molar-refractivity contribution in [2.75, 3.05) is 13.2 Å². The summed E-state index contributed by atoms with van der Waals surface area (Å²) in [6, 6.07) is 3.74. The molecule has 0 bridgehead atoms. The highest BCUT2D eigenvalue weighted by Crippen LogP contribution is 2.36. The number of hydrogen-bond acceptors (Lipinski definition) is 3. The summed E-state index contributed by atoms with van der Waals surface area (Å²) < 4.78 is 48.7. The second-order valence-electron chi connectivity index (χ2n) is 6.12. The van der Waals surface area contributed by atoms with Crippen molar-refractivity contribution in [2.24, 2.45) is 0 Å². The topological polar surface area (TPSA) is 47.6 Å². The summed E-state index contributed by atoms with van der Waals surface area (Å²) in [6.07, 6.45) is -3.71. The Hall–Kier alpha value is -1.44. The van der Waals surface area contributed by atoms with E-state index >= 15 is 0 Å². The second kappa shape index (κ2) is 8.60. The van der Waals surface area contributed by atoms with E-state index in [1.54, 1.807) is 20.8 Å². The number of unbranched alkanes of at least 4 members (excludes halogenated alkanes) is 1. The van der Waals surface area contributed by atoms with Crippen LogP contribution in [0.4, 0.5) is 18.0 Å². The molecule has 0 aliphatic rings. The van der Waals surface area contributed by atoms with Gasteiger partial charge in [0, 0.05) is 11.0 Å². The third-order valence-corrected chi connectivity index (χ3v) is 3.44. The van der Waals surface area contributed by atoms with Gasteiger partial charge in [0.25, 0.3) is 0 Å². The molecule has 0 unspecified atom stereocenters. The Morgan fingerprint density at radius 2 is 1.88 bits per heavy atom. The van der Waals surface area contributed by atoms with Gasteiger partial charge in [-0.3, -0.25) is 0 Å². The lowest BCUT2D eigenvalue weighted by Crippen LogP contribution is -2.33. The predicted octanol–water partition coefficient (Wildman–Crippen LogP) is 5.15. The number of nitrogens with one attached hydrogen (secondary N) is 1. The van der Waals surface area contributed by atoms with E-state index in [9.17, 15) is 18.0 Å². The molecule has 0 saturated heterocycles. The van der Waals surface area contributed by atoms with Crippen molar-refractivity contribution < 1.29 is 27.4 Å². The summed E-state index contributed by atoms with van der Waals surface area (Å²) in [6.45, 7) is 5.98. The van der Waals surface area contributed by atoms with E-state index in [2.05, 4.69) is 21.2 Å². The first kappa shape index (κ1) is 20.6. The first-order valence-electron chi connectivity index (χ1n) is 7.45. The van der Waals surface area contributed by atoms with Crippen molar-refractivity contribution in [2.45, 2.75) is 45.4 Å². The molecule has 0 aliphatic carbocycles. The largest absolute Gasteiger partial charge is 0.494 e. The van der Waals surface area contributed by atoms with Crippen molar-refractivity contribution in [1.82, 2.24) is 5.32 Å². The summed E-state index contributed by atoms with van der Waals surface area (Å²) in [5.74, 6) is 0.158. The van der Waals surface area contributed by atoms with Crippen molar-refractivity contribution in [3.8, 4) is 5.75 Å². The van der Waals surface area contributed by atoms with Crippen molar-refractivity contribution in [3.63, 3.8) is 0 Å². The number of carbonyl (C=O) groups excluding carboxylic acids is 1. The molecule has 0 spiro atoms. The molecule has 0 saturated carbocycles. The van der Waals surface area contributed by atoms with E-state index in [-0.39, 0.29) is 16.8 Å². The fourth-order valence-electron chi connectivity index (χ4n) is 1.73. The number of alkyl carbamates (subject to hydrolysis) is 1. The molecule has 0 atom stereocenters. The zero-order chi connectivity index (χ0) is 18.4. The van der Waals surface area contributed by atoms with E-state index in [0.717, 1.165) is 6.07 Å². The normalized spacial score (nSPS) is 12.0. The van der Waals surface area contributed by atoms with Crippen LogP contribution >= 0.6 is 15.9 Å². The number of halogens is 4. The van der Waals surface area contributed by atoms with Crippen molar-refractivity contribution >= 4 is 22.0 Å². The quantitative estimate of drug-likeness (QED) is 0.658. The Labute approximate surface area is 147 Å². The predicted molar refractivity (Wildman–Crippen MR) is 88.1 cm³/mol. The molecule has 8 heteroatoms. The maximum Gasteiger partial charge on any atom is 0.417 e. The molecule has 4 nitrogen and oxygen atoms in total. The number of benzene rings is 1. The SMILES string of the molecule is CC(C)(C)OC(=O)NCCCCOc1ccc(Br)c(C(F)(F)F)c1. The average Bonchev–Trinajstić information content (AvgIpc) is 2.41. The molecule has 0 radical (unpaired) electrons. The van der Waals surface area contributed by atoms with Crippen LogP contribution in [0, 0.1) is 0 Å². The standard InChI is InChI=1S/C16H21BrF3NO3/c1-15(2,3)24-14(22)21-8-4-5-9-23-11-6-7-13(17)12(10-11)16(18,19)20/h6-7,10H,4-5,8-9H2,1-3H3,(H,21,22).